The minimum Gasteiger partial charge on any atom is -0.489 e. The van der Waals surface area contributed by atoms with Crippen molar-refractivity contribution < 1.29 is 30.7 Å². The molecule has 0 aliphatic carbocycles. The minimum absolute atomic E-state index is 0.0185. The Morgan fingerprint density at radius 2 is 1.65 bits per heavy atom. The van der Waals surface area contributed by atoms with E-state index in [1.807, 2.05) is 0 Å². The Balaban J connectivity index is 1.88. The summed E-state index contributed by atoms with van der Waals surface area (Å²) in [4.78, 5) is -0.471. The Hall–Kier alpha value is -3.07. The van der Waals surface area contributed by atoms with Crippen LogP contribution in [-0.4, -0.2) is 15.0 Å². The summed E-state index contributed by atoms with van der Waals surface area (Å²) in [5, 5.41) is 0. The van der Waals surface area contributed by atoms with Gasteiger partial charge in [0.15, 0.2) is 0 Å². The number of nitrogens with zero attached hydrogens (tertiary/aromatic N) is 1. The summed E-state index contributed by atoms with van der Waals surface area (Å²) in [6.45, 7) is 1.48. The topological polar surface area (TPSA) is 46.6 Å². The lowest BCUT2D eigenvalue weighted by atomic mass is 10.2. The number of halogens is 4. The zero-order valence-corrected chi connectivity index (χ0v) is 17.3. The molecule has 3 aromatic rings. The Labute approximate surface area is 177 Å². The molecule has 0 aliphatic heterocycles. The van der Waals surface area contributed by atoms with Gasteiger partial charge in [0.1, 0.15) is 18.2 Å². The van der Waals surface area contributed by atoms with Crippen LogP contribution in [-0.2, 0) is 22.8 Å². The molecule has 0 heterocycles. The third-order valence-electron chi connectivity index (χ3n) is 4.49. The fourth-order valence-corrected chi connectivity index (χ4v) is 4.47. The minimum atomic E-state index is -4.66. The van der Waals surface area contributed by atoms with E-state index in [-0.39, 0.29) is 18.8 Å². The molecule has 31 heavy (non-hydrogen) atoms. The van der Waals surface area contributed by atoms with Gasteiger partial charge in [0.2, 0.25) is 0 Å². The molecule has 0 fully saturated rings. The first kappa shape index (κ1) is 22.6. The van der Waals surface area contributed by atoms with Crippen LogP contribution in [0, 0.1) is 5.82 Å². The maximum Gasteiger partial charge on any atom is 0.416 e. The van der Waals surface area contributed by atoms with E-state index in [9.17, 15) is 26.0 Å². The first-order valence-electron chi connectivity index (χ1n) is 9.29. The molecule has 9 heteroatoms. The molecule has 3 rings (SSSR count). The molecule has 0 atom stereocenters. The quantitative estimate of drug-likeness (QED) is 0.435. The van der Waals surface area contributed by atoms with Crippen molar-refractivity contribution in [1.82, 2.24) is 0 Å². The highest BCUT2D eigenvalue weighted by molar-refractivity contribution is 7.92. The van der Waals surface area contributed by atoms with Gasteiger partial charge in [-0.15, -0.1) is 0 Å². The molecular formula is C22H19F4NO3S. The highest BCUT2D eigenvalue weighted by Gasteiger charge is 2.33. The second-order valence-corrected chi connectivity index (χ2v) is 8.44. The van der Waals surface area contributed by atoms with E-state index in [4.69, 9.17) is 4.74 Å². The highest BCUT2D eigenvalue weighted by Crippen LogP contribution is 2.32. The summed E-state index contributed by atoms with van der Waals surface area (Å²) in [6, 6.07) is 15.7. The summed E-state index contributed by atoms with van der Waals surface area (Å²) < 4.78 is 85.5. The average Bonchev–Trinajstić information content (AvgIpc) is 2.73. The summed E-state index contributed by atoms with van der Waals surface area (Å²) in [7, 11) is -4.26. The summed E-state index contributed by atoms with van der Waals surface area (Å²) in [6.07, 6.45) is -4.66. The first-order chi connectivity index (χ1) is 14.6. The molecule has 0 aromatic heterocycles. The van der Waals surface area contributed by atoms with Crippen LogP contribution in [0.4, 0.5) is 23.2 Å². The van der Waals surface area contributed by atoms with Crippen LogP contribution in [0.5, 0.6) is 5.75 Å². The molecule has 0 N–H and O–H groups in total. The number of alkyl halides is 3. The van der Waals surface area contributed by atoms with E-state index >= 15 is 0 Å². The van der Waals surface area contributed by atoms with Gasteiger partial charge in [-0.2, -0.15) is 13.2 Å². The van der Waals surface area contributed by atoms with Crippen LogP contribution in [0.3, 0.4) is 0 Å². The van der Waals surface area contributed by atoms with Crippen molar-refractivity contribution in [3.8, 4) is 5.75 Å². The maximum atomic E-state index is 13.8. The van der Waals surface area contributed by atoms with Gasteiger partial charge in [0.25, 0.3) is 10.0 Å². The second kappa shape index (κ2) is 8.97. The summed E-state index contributed by atoms with van der Waals surface area (Å²) >= 11 is 0. The Morgan fingerprint density at radius 1 is 0.935 bits per heavy atom. The molecule has 0 saturated carbocycles. The number of hydrogen-bond acceptors (Lipinski definition) is 3. The van der Waals surface area contributed by atoms with Gasteiger partial charge in [-0.05, 0) is 43.3 Å². The van der Waals surface area contributed by atoms with E-state index in [1.165, 1.54) is 18.2 Å². The van der Waals surface area contributed by atoms with Crippen molar-refractivity contribution in [2.75, 3.05) is 10.8 Å². The average molecular weight is 453 g/mol. The zero-order chi connectivity index (χ0) is 22.6. The number of benzene rings is 3. The monoisotopic (exact) mass is 453 g/mol. The third-order valence-corrected chi connectivity index (χ3v) is 6.39. The van der Waals surface area contributed by atoms with Crippen molar-refractivity contribution >= 4 is 15.7 Å². The number of ether oxygens (including phenoxy) is 1. The lowest BCUT2D eigenvalue weighted by Crippen LogP contribution is -2.31. The predicted molar refractivity (Wildman–Crippen MR) is 109 cm³/mol. The van der Waals surface area contributed by atoms with E-state index in [0.29, 0.717) is 17.4 Å². The van der Waals surface area contributed by atoms with Crippen LogP contribution in [0.25, 0.3) is 0 Å². The molecule has 0 saturated heterocycles. The van der Waals surface area contributed by atoms with Gasteiger partial charge in [0.05, 0.1) is 16.1 Å². The lowest BCUT2D eigenvalue weighted by Gasteiger charge is -2.24. The number of sulfonamides is 1. The van der Waals surface area contributed by atoms with E-state index in [1.54, 1.807) is 37.3 Å². The Kier molecular flexibility index (Phi) is 6.54. The molecule has 0 aliphatic rings. The molecular weight excluding hydrogens is 434 g/mol. The smallest absolute Gasteiger partial charge is 0.416 e. The maximum absolute atomic E-state index is 13.8. The SMILES string of the molecule is CCN(c1cccc(OCc2ccccc2F)c1)S(=O)(=O)c1cccc(C(F)(F)F)c1. The molecule has 0 unspecified atom stereocenters. The van der Waals surface area contributed by atoms with Gasteiger partial charge in [0, 0.05) is 18.2 Å². The molecule has 0 spiro atoms. The van der Waals surface area contributed by atoms with Gasteiger partial charge < -0.3 is 4.74 Å². The van der Waals surface area contributed by atoms with Crippen LogP contribution in [0.1, 0.15) is 18.1 Å². The van der Waals surface area contributed by atoms with E-state index in [2.05, 4.69) is 0 Å². The van der Waals surface area contributed by atoms with Crippen LogP contribution >= 0.6 is 0 Å². The normalized spacial score (nSPS) is 11.9. The molecule has 164 valence electrons. The molecule has 3 aromatic carbocycles. The fourth-order valence-electron chi connectivity index (χ4n) is 2.96. The zero-order valence-electron chi connectivity index (χ0n) is 16.4. The van der Waals surface area contributed by atoms with Gasteiger partial charge in [-0.1, -0.05) is 30.3 Å². The molecule has 0 radical (unpaired) electrons. The van der Waals surface area contributed by atoms with Gasteiger partial charge >= 0.3 is 6.18 Å². The summed E-state index contributed by atoms with van der Waals surface area (Å²) in [5.74, 6) is -0.139. The van der Waals surface area contributed by atoms with E-state index < -0.39 is 32.5 Å². The van der Waals surface area contributed by atoms with Crippen LogP contribution < -0.4 is 9.04 Å². The van der Waals surface area contributed by atoms with E-state index in [0.717, 1.165) is 22.5 Å². The molecule has 0 bridgehead atoms. The van der Waals surface area contributed by atoms with Crippen molar-refractivity contribution in [1.29, 1.82) is 0 Å². The standard InChI is InChI=1S/C22H19F4NO3S/c1-2-27(31(28,29)20-11-5-8-17(13-20)22(24,25)26)18-9-6-10-19(14-18)30-15-16-7-3-4-12-21(16)23/h3-14H,2,15H2,1H3. The van der Waals surface area contributed by atoms with Gasteiger partial charge in [-0.3, -0.25) is 4.31 Å². The third kappa shape index (κ3) is 5.16. The number of hydrogen-bond donors (Lipinski definition) is 0. The fraction of sp³-hybridized carbons (Fsp3) is 0.182. The van der Waals surface area contributed by atoms with Crippen LogP contribution in [0.15, 0.2) is 77.7 Å². The number of rotatable bonds is 7. The Bertz CT molecular complexity index is 1160. The van der Waals surface area contributed by atoms with Crippen LogP contribution in [0.2, 0.25) is 0 Å². The molecule has 0 amide bonds. The van der Waals surface area contributed by atoms with Crippen molar-refractivity contribution in [2.45, 2.75) is 24.6 Å². The second-order valence-electron chi connectivity index (χ2n) is 6.57. The summed E-state index contributed by atoms with van der Waals surface area (Å²) in [5.41, 5.74) is -0.505. The van der Waals surface area contributed by atoms with Crippen molar-refractivity contribution in [2.24, 2.45) is 0 Å². The van der Waals surface area contributed by atoms with Crippen molar-refractivity contribution in [3.63, 3.8) is 0 Å². The lowest BCUT2D eigenvalue weighted by molar-refractivity contribution is -0.137. The predicted octanol–water partition coefficient (Wildman–Crippen LogP) is 5.64. The Morgan fingerprint density at radius 3 is 2.32 bits per heavy atom. The highest BCUT2D eigenvalue weighted by atomic mass is 32.2. The van der Waals surface area contributed by atoms with Gasteiger partial charge in [-0.25, -0.2) is 12.8 Å². The molecule has 4 nitrogen and oxygen atoms in total. The van der Waals surface area contributed by atoms with Crippen molar-refractivity contribution in [3.05, 3.63) is 89.7 Å². The largest absolute Gasteiger partial charge is 0.489 e. The number of anilines is 1. The first-order valence-corrected chi connectivity index (χ1v) is 10.7.